The molecule has 86 valence electrons. The van der Waals surface area contributed by atoms with Gasteiger partial charge >= 0.3 is 0 Å². The predicted octanol–water partition coefficient (Wildman–Crippen LogP) is 1.44. The molecule has 0 aromatic carbocycles. The molecule has 0 bridgehead atoms. The summed E-state index contributed by atoms with van der Waals surface area (Å²) in [5.74, 6) is 0.631. The molecule has 0 spiro atoms. The van der Waals surface area contributed by atoms with Crippen molar-refractivity contribution in [3.63, 3.8) is 0 Å². The van der Waals surface area contributed by atoms with Crippen LogP contribution in [-0.4, -0.2) is 22.9 Å². The van der Waals surface area contributed by atoms with Crippen molar-refractivity contribution in [1.29, 1.82) is 5.41 Å². The first-order valence-electron chi connectivity index (χ1n) is 5.00. The SMILES string of the molecule is COc1cncc(-c2ccnc(C(=N)N)c2)c1. The minimum atomic E-state index is -0.0531. The van der Waals surface area contributed by atoms with E-state index in [9.17, 15) is 0 Å². The van der Waals surface area contributed by atoms with Crippen LogP contribution in [0.15, 0.2) is 36.8 Å². The maximum Gasteiger partial charge on any atom is 0.141 e. The van der Waals surface area contributed by atoms with Gasteiger partial charge in [-0.1, -0.05) is 0 Å². The van der Waals surface area contributed by atoms with Crippen LogP contribution < -0.4 is 10.5 Å². The van der Waals surface area contributed by atoms with Gasteiger partial charge in [-0.2, -0.15) is 0 Å². The zero-order valence-corrected chi connectivity index (χ0v) is 9.34. The predicted molar refractivity (Wildman–Crippen MR) is 65.0 cm³/mol. The summed E-state index contributed by atoms with van der Waals surface area (Å²) in [4.78, 5) is 8.08. The van der Waals surface area contributed by atoms with Crippen LogP contribution in [0.25, 0.3) is 11.1 Å². The molecule has 3 N–H and O–H groups in total. The van der Waals surface area contributed by atoms with Crippen LogP contribution >= 0.6 is 0 Å². The Hall–Kier alpha value is -2.43. The first-order valence-corrected chi connectivity index (χ1v) is 5.00. The van der Waals surface area contributed by atoms with E-state index in [1.165, 1.54) is 0 Å². The van der Waals surface area contributed by atoms with Gasteiger partial charge in [-0.05, 0) is 23.8 Å². The Morgan fingerprint density at radius 1 is 1.29 bits per heavy atom. The van der Waals surface area contributed by atoms with Crippen molar-refractivity contribution in [3.8, 4) is 16.9 Å². The Bertz CT molecular complexity index is 554. The molecule has 5 nitrogen and oxygen atoms in total. The molecule has 0 aliphatic heterocycles. The summed E-state index contributed by atoms with van der Waals surface area (Å²) < 4.78 is 5.11. The van der Waals surface area contributed by atoms with E-state index in [0.29, 0.717) is 11.4 Å². The van der Waals surface area contributed by atoms with Gasteiger partial charge in [-0.3, -0.25) is 15.4 Å². The highest BCUT2D eigenvalue weighted by Gasteiger charge is 2.04. The number of pyridine rings is 2. The molecular formula is C12H12N4O. The average Bonchev–Trinajstić information content (AvgIpc) is 2.39. The number of methoxy groups -OCH3 is 1. The molecule has 0 aliphatic carbocycles. The van der Waals surface area contributed by atoms with Crippen LogP contribution in [0.1, 0.15) is 5.69 Å². The third kappa shape index (κ3) is 2.39. The molecular weight excluding hydrogens is 216 g/mol. The number of nitrogens with one attached hydrogen (secondary N) is 1. The maximum atomic E-state index is 7.35. The van der Waals surface area contributed by atoms with E-state index < -0.39 is 0 Å². The summed E-state index contributed by atoms with van der Waals surface area (Å²) in [6.45, 7) is 0. The molecule has 0 saturated heterocycles. The Morgan fingerprint density at radius 2 is 2.12 bits per heavy atom. The molecule has 0 aliphatic rings. The van der Waals surface area contributed by atoms with Crippen LogP contribution in [0.5, 0.6) is 5.75 Å². The van der Waals surface area contributed by atoms with Gasteiger partial charge in [0.1, 0.15) is 17.3 Å². The minimum Gasteiger partial charge on any atom is -0.495 e. The number of nitrogen functional groups attached to an aromatic ring is 1. The highest BCUT2D eigenvalue weighted by atomic mass is 16.5. The Morgan fingerprint density at radius 3 is 2.82 bits per heavy atom. The van der Waals surface area contributed by atoms with Gasteiger partial charge in [0.2, 0.25) is 0 Å². The summed E-state index contributed by atoms with van der Waals surface area (Å²) in [6.07, 6.45) is 4.98. The first-order chi connectivity index (χ1) is 8.20. The fraction of sp³-hybridized carbons (Fsp3) is 0.0833. The molecule has 5 heteroatoms. The second kappa shape index (κ2) is 4.61. The van der Waals surface area contributed by atoms with Gasteiger partial charge in [-0.25, -0.2) is 0 Å². The second-order valence-electron chi connectivity index (χ2n) is 3.46. The summed E-state index contributed by atoms with van der Waals surface area (Å²) >= 11 is 0. The van der Waals surface area contributed by atoms with Gasteiger partial charge < -0.3 is 10.5 Å². The van der Waals surface area contributed by atoms with Crippen molar-refractivity contribution < 1.29 is 4.74 Å². The molecule has 2 aromatic rings. The van der Waals surface area contributed by atoms with E-state index in [-0.39, 0.29) is 5.84 Å². The fourth-order valence-electron chi connectivity index (χ4n) is 1.45. The molecule has 2 rings (SSSR count). The van der Waals surface area contributed by atoms with Crippen LogP contribution in [0.3, 0.4) is 0 Å². The maximum absolute atomic E-state index is 7.35. The van der Waals surface area contributed by atoms with Crippen LogP contribution in [0.4, 0.5) is 0 Å². The molecule has 0 atom stereocenters. The molecule has 0 radical (unpaired) electrons. The van der Waals surface area contributed by atoms with Crippen molar-refractivity contribution in [3.05, 3.63) is 42.5 Å². The summed E-state index contributed by atoms with van der Waals surface area (Å²) in [5.41, 5.74) is 7.64. The third-order valence-electron chi connectivity index (χ3n) is 2.32. The van der Waals surface area contributed by atoms with E-state index in [1.54, 1.807) is 31.8 Å². The molecule has 0 unspecified atom stereocenters. The van der Waals surface area contributed by atoms with E-state index in [2.05, 4.69) is 9.97 Å². The Kier molecular flexibility index (Phi) is 3.00. The number of hydrogen-bond donors (Lipinski definition) is 2. The van der Waals surface area contributed by atoms with Crippen molar-refractivity contribution in [2.75, 3.05) is 7.11 Å². The number of nitrogens with zero attached hydrogens (tertiary/aromatic N) is 2. The molecule has 0 amide bonds. The number of aromatic nitrogens is 2. The van der Waals surface area contributed by atoms with Gasteiger partial charge in [0.25, 0.3) is 0 Å². The van der Waals surface area contributed by atoms with Crippen molar-refractivity contribution in [1.82, 2.24) is 9.97 Å². The number of ether oxygens (including phenoxy) is 1. The Labute approximate surface area is 98.8 Å². The zero-order chi connectivity index (χ0) is 12.3. The standard InChI is InChI=1S/C12H12N4O/c1-17-10-4-9(6-15-7-10)8-2-3-16-11(5-8)12(13)14/h2-7H,1H3,(H3,13,14). The average molecular weight is 228 g/mol. The highest BCUT2D eigenvalue weighted by molar-refractivity contribution is 5.94. The number of hydrogen-bond acceptors (Lipinski definition) is 4. The van der Waals surface area contributed by atoms with E-state index >= 15 is 0 Å². The number of rotatable bonds is 3. The van der Waals surface area contributed by atoms with E-state index in [4.69, 9.17) is 15.9 Å². The Balaban J connectivity index is 2.45. The van der Waals surface area contributed by atoms with Crippen LogP contribution in [-0.2, 0) is 0 Å². The topological polar surface area (TPSA) is 84.9 Å². The lowest BCUT2D eigenvalue weighted by molar-refractivity contribution is 0.413. The van der Waals surface area contributed by atoms with Crippen molar-refractivity contribution >= 4 is 5.84 Å². The largest absolute Gasteiger partial charge is 0.495 e. The lowest BCUT2D eigenvalue weighted by Crippen LogP contribution is -2.12. The number of amidine groups is 1. The van der Waals surface area contributed by atoms with Gasteiger partial charge in [0.15, 0.2) is 0 Å². The minimum absolute atomic E-state index is 0.0531. The van der Waals surface area contributed by atoms with Crippen LogP contribution in [0.2, 0.25) is 0 Å². The first kappa shape index (κ1) is 11.1. The van der Waals surface area contributed by atoms with Crippen molar-refractivity contribution in [2.45, 2.75) is 0 Å². The highest BCUT2D eigenvalue weighted by Crippen LogP contribution is 2.22. The lowest BCUT2D eigenvalue weighted by Gasteiger charge is -2.05. The van der Waals surface area contributed by atoms with Gasteiger partial charge in [0.05, 0.1) is 13.3 Å². The quantitative estimate of drug-likeness (QED) is 0.614. The molecule has 2 aromatic heterocycles. The fourth-order valence-corrected chi connectivity index (χ4v) is 1.45. The lowest BCUT2D eigenvalue weighted by atomic mass is 10.1. The second-order valence-corrected chi connectivity index (χ2v) is 3.46. The van der Waals surface area contributed by atoms with Crippen LogP contribution in [0, 0.1) is 5.41 Å². The van der Waals surface area contributed by atoms with E-state index in [1.807, 2.05) is 12.1 Å². The molecule has 0 fully saturated rings. The number of nitrogens with two attached hydrogens (primary N) is 1. The molecule has 17 heavy (non-hydrogen) atoms. The normalized spacial score (nSPS) is 9.94. The zero-order valence-electron chi connectivity index (χ0n) is 9.34. The van der Waals surface area contributed by atoms with Gasteiger partial charge in [0, 0.05) is 18.0 Å². The summed E-state index contributed by atoms with van der Waals surface area (Å²) in [5, 5.41) is 7.35. The van der Waals surface area contributed by atoms with Crippen molar-refractivity contribution in [2.24, 2.45) is 5.73 Å². The van der Waals surface area contributed by atoms with Gasteiger partial charge in [-0.15, -0.1) is 0 Å². The van der Waals surface area contributed by atoms with E-state index in [0.717, 1.165) is 11.1 Å². The monoisotopic (exact) mass is 228 g/mol. The molecule has 2 heterocycles. The third-order valence-corrected chi connectivity index (χ3v) is 2.32. The summed E-state index contributed by atoms with van der Waals surface area (Å²) in [7, 11) is 1.59. The molecule has 0 saturated carbocycles. The summed E-state index contributed by atoms with van der Waals surface area (Å²) in [6, 6.07) is 5.45. The smallest absolute Gasteiger partial charge is 0.141 e.